The van der Waals surface area contributed by atoms with E-state index in [0.717, 1.165) is 10.4 Å². The van der Waals surface area contributed by atoms with Gasteiger partial charge in [-0.2, -0.15) is 0 Å². The minimum atomic E-state index is -0.969. The predicted octanol–water partition coefficient (Wildman–Crippen LogP) is 3.47. The van der Waals surface area contributed by atoms with E-state index in [-0.39, 0.29) is 11.4 Å². The SMILES string of the molecule is Fc1cc2ccc1=2.O=C(O)c1ccccc1-c1ccon1. The fourth-order valence-electron chi connectivity index (χ4n) is 1.99. The maximum absolute atomic E-state index is 12.0. The molecule has 0 aliphatic heterocycles. The number of carboxylic acids is 1. The first kappa shape index (κ1) is 13.1. The van der Waals surface area contributed by atoms with Gasteiger partial charge in [0.25, 0.3) is 0 Å². The summed E-state index contributed by atoms with van der Waals surface area (Å²) in [7, 11) is 0. The summed E-state index contributed by atoms with van der Waals surface area (Å²) >= 11 is 0. The summed E-state index contributed by atoms with van der Waals surface area (Å²) in [6, 6.07) is 13.5. The Bertz CT molecular complexity index is 888. The van der Waals surface area contributed by atoms with E-state index < -0.39 is 5.97 Å². The molecule has 1 aromatic heterocycles. The summed E-state index contributed by atoms with van der Waals surface area (Å²) in [5, 5.41) is 14.5. The quantitative estimate of drug-likeness (QED) is 0.612. The molecule has 5 heteroatoms. The number of rotatable bonds is 2. The zero-order valence-electron chi connectivity index (χ0n) is 10.8. The first-order valence-electron chi connectivity index (χ1n) is 6.20. The maximum atomic E-state index is 12.0. The van der Waals surface area contributed by atoms with E-state index >= 15 is 0 Å². The van der Waals surface area contributed by atoms with Gasteiger partial charge >= 0.3 is 5.97 Å². The van der Waals surface area contributed by atoms with Crippen LogP contribution in [0.3, 0.4) is 0 Å². The molecule has 2 aliphatic rings. The Morgan fingerprint density at radius 2 is 1.95 bits per heavy atom. The van der Waals surface area contributed by atoms with E-state index in [9.17, 15) is 9.18 Å². The third-order valence-electron chi connectivity index (χ3n) is 3.15. The van der Waals surface area contributed by atoms with Gasteiger partial charge in [-0.15, -0.1) is 0 Å². The van der Waals surface area contributed by atoms with Crippen molar-refractivity contribution >= 4 is 5.97 Å². The molecule has 0 amide bonds. The Balaban J connectivity index is 0.000000156. The molecule has 0 atom stereocenters. The largest absolute Gasteiger partial charge is 0.478 e. The van der Waals surface area contributed by atoms with E-state index in [1.54, 1.807) is 30.3 Å². The zero-order valence-corrected chi connectivity index (χ0v) is 10.8. The number of nitrogens with zero attached hydrogens (tertiary/aromatic N) is 1. The molecule has 1 aromatic carbocycles. The van der Waals surface area contributed by atoms with E-state index in [2.05, 4.69) is 9.68 Å². The van der Waals surface area contributed by atoms with Gasteiger partial charge < -0.3 is 9.63 Å². The summed E-state index contributed by atoms with van der Waals surface area (Å²) in [4.78, 5) is 10.9. The molecular formula is C16H10FNO3. The van der Waals surface area contributed by atoms with E-state index in [4.69, 9.17) is 5.11 Å². The molecule has 104 valence electrons. The lowest BCUT2D eigenvalue weighted by atomic mass is 10.1. The molecule has 2 aliphatic carbocycles. The van der Waals surface area contributed by atoms with Gasteiger partial charge in [-0.1, -0.05) is 35.5 Å². The molecule has 1 N–H and O–H groups in total. The fraction of sp³-hybridized carbons (Fsp3) is 0. The molecule has 0 bridgehead atoms. The first-order valence-corrected chi connectivity index (χ1v) is 6.20. The van der Waals surface area contributed by atoms with Crippen molar-refractivity contribution in [2.75, 3.05) is 0 Å². The lowest BCUT2D eigenvalue weighted by molar-refractivity contribution is 0.0697. The molecule has 0 radical (unpaired) electrons. The summed E-state index contributed by atoms with van der Waals surface area (Å²) in [5.41, 5.74) is 1.32. The van der Waals surface area contributed by atoms with Crippen LogP contribution in [-0.4, -0.2) is 16.2 Å². The molecule has 0 unspecified atom stereocenters. The minimum absolute atomic E-state index is 0.0579. The van der Waals surface area contributed by atoms with Crippen molar-refractivity contribution in [1.82, 2.24) is 5.16 Å². The van der Waals surface area contributed by atoms with Crippen LogP contribution in [0.5, 0.6) is 0 Å². The van der Waals surface area contributed by atoms with Crippen LogP contribution in [0.15, 0.2) is 59.3 Å². The highest BCUT2D eigenvalue weighted by atomic mass is 19.1. The van der Waals surface area contributed by atoms with Crippen LogP contribution in [0.2, 0.25) is 0 Å². The Morgan fingerprint density at radius 1 is 1.14 bits per heavy atom. The smallest absolute Gasteiger partial charge is 0.336 e. The van der Waals surface area contributed by atoms with Gasteiger partial charge in [-0.05, 0) is 17.4 Å². The topological polar surface area (TPSA) is 63.3 Å². The van der Waals surface area contributed by atoms with Gasteiger partial charge in [-0.25, -0.2) is 9.18 Å². The lowest BCUT2D eigenvalue weighted by Crippen LogP contribution is -1.98. The summed E-state index contributed by atoms with van der Waals surface area (Å²) in [5.74, 6) is -1.03. The highest BCUT2D eigenvalue weighted by molar-refractivity contribution is 5.95. The summed E-state index contributed by atoms with van der Waals surface area (Å²) < 4.78 is 16.6. The Hall–Kier alpha value is -2.95. The number of carbonyl (C=O) groups is 1. The van der Waals surface area contributed by atoms with E-state index in [0.29, 0.717) is 11.3 Å². The molecular weight excluding hydrogens is 273 g/mol. The Labute approximate surface area is 118 Å². The van der Waals surface area contributed by atoms with Gasteiger partial charge in [0.1, 0.15) is 17.8 Å². The van der Waals surface area contributed by atoms with Crippen molar-refractivity contribution in [3.05, 3.63) is 76.6 Å². The van der Waals surface area contributed by atoms with Crippen molar-refractivity contribution in [1.29, 1.82) is 0 Å². The van der Waals surface area contributed by atoms with Crippen LogP contribution in [0, 0.1) is 16.3 Å². The third kappa shape index (κ3) is 2.41. The van der Waals surface area contributed by atoms with Gasteiger partial charge in [0.15, 0.2) is 0 Å². The second-order valence-corrected chi connectivity index (χ2v) is 4.43. The molecule has 1 heterocycles. The van der Waals surface area contributed by atoms with E-state index in [1.807, 2.05) is 6.07 Å². The van der Waals surface area contributed by atoms with Gasteiger partial charge in [0.2, 0.25) is 0 Å². The normalized spacial score (nSPS) is 10.5. The lowest BCUT2D eigenvalue weighted by Gasteiger charge is -2.00. The number of benzene rings is 2. The van der Waals surface area contributed by atoms with Crippen LogP contribution in [0.25, 0.3) is 11.3 Å². The molecule has 0 saturated carbocycles. The molecule has 2 aromatic rings. The molecule has 4 rings (SSSR count). The standard InChI is InChI=1S/C10H7NO3.C6H3F/c12-10(13)8-4-2-1-3-7(8)9-5-6-14-11-9;7-6-3-4-1-2-5(4)6/h1-6H,(H,12,13);1-3H. The molecule has 0 spiro atoms. The van der Waals surface area contributed by atoms with Gasteiger partial charge in [0, 0.05) is 16.8 Å². The van der Waals surface area contributed by atoms with Crippen LogP contribution in [0.1, 0.15) is 10.4 Å². The molecule has 21 heavy (non-hydrogen) atoms. The predicted molar refractivity (Wildman–Crippen MR) is 73.0 cm³/mol. The van der Waals surface area contributed by atoms with Crippen LogP contribution in [-0.2, 0) is 0 Å². The number of aromatic nitrogens is 1. The third-order valence-corrected chi connectivity index (χ3v) is 3.15. The second kappa shape index (κ2) is 5.20. The zero-order chi connectivity index (χ0) is 14.8. The average Bonchev–Trinajstić information content (AvgIpc) is 2.99. The van der Waals surface area contributed by atoms with Crippen molar-refractivity contribution in [2.24, 2.45) is 0 Å². The van der Waals surface area contributed by atoms with Crippen LogP contribution >= 0.6 is 0 Å². The van der Waals surface area contributed by atoms with Crippen molar-refractivity contribution < 1.29 is 18.8 Å². The Kier molecular flexibility index (Phi) is 3.23. The molecule has 4 nitrogen and oxygen atoms in total. The van der Waals surface area contributed by atoms with Crippen molar-refractivity contribution in [2.45, 2.75) is 0 Å². The van der Waals surface area contributed by atoms with Gasteiger partial charge in [-0.3, -0.25) is 0 Å². The summed E-state index contributed by atoms with van der Waals surface area (Å²) in [6.45, 7) is 0. The monoisotopic (exact) mass is 283 g/mol. The maximum Gasteiger partial charge on any atom is 0.336 e. The average molecular weight is 283 g/mol. The number of halogens is 1. The first-order chi connectivity index (χ1) is 10.2. The van der Waals surface area contributed by atoms with Gasteiger partial charge in [0.05, 0.1) is 5.56 Å². The van der Waals surface area contributed by atoms with Crippen LogP contribution < -0.4 is 0 Å². The van der Waals surface area contributed by atoms with E-state index in [1.165, 1.54) is 18.4 Å². The number of aromatic carboxylic acids is 1. The summed E-state index contributed by atoms with van der Waals surface area (Å²) in [6.07, 6.45) is 1.41. The second-order valence-electron chi connectivity index (χ2n) is 4.43. The van der Waals surface area contributed by atoms with Crippen molar-refractivity contribution in [3.63, 3.8) is 0 Å². The Morgan fingerprint density at radius 3 is 2.38 bits per heavy atom. The fourth-order valence-corrected chi connectivity index (χ4v) is 1.99. The highest BCUT2D eigenvalue weighted by Gasteiger charge is 2.12. The number of carboxylic acid groups (broad SMARTS) is 1. The molecule has 0 saturated heterocycles. The minimum Gasteiger partial charge on any atom is -0.478 e. The number of hydrogen-bond acceptors (Lipinski definition) is 3. The van der Waals surface area contributed by atoms with Crippen molar-refractivity contribution in [3.8, 4) is 11.3 Å². The highest BCUT2D eigenvalue weighted by Crippen LogP contribution is 2.21. The number of hydrogen-bond donors (Lipinski definition) is 1. The van der Waals surface area contributed by atoms with Crippen LogP contribution in [0.4, 0.5) is 4.39 Å². The molecule has 0 fully saturated rings.